The first-order chi connectivity index (χ1) is 7.11. The highest BCUT2D eigenvalue weighted by atomic mass is 16.5. The summed E-state index contributed by atoms with van der Waals surface area (Å²) in [4.78, 5) is 0. The summed E-state index contributed by atoms with van der Waals surface area (Å²) in [6, 6.07) is 0.723. The molecule has 1 N–H and O–H groups in total. The van der Waals surface area contributed by atoms with Crippen LogP contribution in [0.2, 0.25) is 0 Å². The molecule has 0 saturated heterocycles. The first kappa shape index (κ1) is 13.0. The summed E-state index contributed by atoms with van der Waals surface area (Å²) in [6.45, 7) is 10.1. The first-order valence-corrected chi connectivity index (χ1v) is 6.50. The SMILES string of the molecule is CCCNC1CC(OC(C)CC(C)C)C1. The molecule has 0 aromatic heterocycles. The van der Waals surface area contributed by atoms with E-state index in [-0.39, 0.29) is 0 Å². The Morgan fingerprint density at radius 2 is 1.93 bits per heavy atom. The highest BCUT2D eigenvalue weighted by Crippen LogP contribution is 2.25. The zero-order chi connectivity index (χ0) is 11.3. The van der Waals surface area contributed by atoms with Gasteiger partial charge < -0.3 is 10.1 Å². The number of nitrogens with one attached hydrogen (secondary N) is 1. The minimum atomic E-state index is 0.433. The van der Waals surface area contributed by atoms with Crippen LogP contribution in [0.1, 0.15) is 53.4 Å². The molecule has 15 heavy (non-hydrogen) atoms. The van der Waals surface area contributed by atoms with Crippen LogP contribution in [-0.2, 0) is 4.74 Å². The van der Waals surface area contributed by atoms with Gasteiger partial charge in [0.1, 0.15) is 0 Å². The minimum absolute atomic E-state index is 0.433. The highest BCUT2D eigenvalue weighted by Gasteiger charge is 2.30. The van der Waals surface area contributed by atoms with Gasteiger partial charge in [-0.3, -0.25) is 0 Å². The fraction of sp³-hybridized carbons (Fsp3) is 1.00. The van der Waals surface area contributed by atoms with E-state index in [1.807, 2.05) is 0 Å². The van der Waals surface area contributed by atoms with Gasteiger partial charge in [0.15, 0.2) is 0 Å². The van der Waals surface area contributed by atoms with Crippen molar-refractivity contribution in [1.82, 2.24) is 5.32 Å². The normalized spacial score (nSPS) is 27.8. The molecule has 0 aromatic carbocycles. The maximum Gasteiger partial charge on any atom is 0.0608 e. The van der Waals surface area contributed by atoms with Crippen LogP contribution in [0.25, 0.3) is 0 Å². The summed E-state index contributed by atoms with van der Waals surface area (Å²) in [7, 11) is 0. The summed E-state index contributed by atoms with van der Waals surface area (Å²) >= 11 is 0. The third-order valence-electron chi connectivity index (χ3n) is 3.01. The van der Waals surface area contributed by atoms with Crippen molar-refractivity contribution in [2.75, 3.05) is 6.54 Å². The van der Waals surface area contributed by atoms with Crippen LogP contribution in [-0.4, -0.2) is 24.8 Å². The molecule has 1 rings (SSSR count). The van der Waals surface area contributed by atoms with Crippen LogP contribution >= 0.6 is 0 Å². The fourth-order valence-corrected chi connectivity index (χ4v) is 2.24. The summed E-state index contributed by atoms with van der Waals surface area (Å²) in [5.74, 6) is 0.745. The highest BCUT2D eigenvalue weighted by molar-refractivity contribution is 4.86. The van der Waals surface area contributed by atoms with Gasteiger partial charge >= 0.3 is 0 Å². The van der Waals surface area contributed by atoms with Crippen molar-refractivity contribution in [3.05, 3.63) is 0 Å². The predicted molar refractivity (Wildman–Crippen MR) is 65.1 cm³/mol. The topological polar surface area (TPSA) is 21.3 Å². The number of ether oxygens (including phenoxy) is 1. The molecular formula is C13H27NO. The van der Waals surface area contributed by atoms with Gasteiger partial charge in [0.2, 0.25) is 0 Å². The molecule has 1 aliphatic carbocycles. The first-order valence-electron chi connectivity index (χ1n) is 6.50. The van der Waals surface area contributed by atoms with Crippen molar-refractivity contribution >= 4 is 0 Å². The molecule has 0 aliphatic heterocycles. The van der Waals surface area contributed by atoms with E-state index in [1.54, 1.807) is 0 Å². The maximum absolute atomic E-state index is 5.97. The number of hydrogen-bond acceptors (Lipinski definition) is 2. The van der Waals surface area contributed by atoms with Crippen molar-refractivity contribution < 1.29 is 4.74 Å². The molecule has 0 radical (unpaired) electrons. The molecule has 1 saturated carbocycles. The standard InChI is InChI=1S/C13H27NO/c1-5-6-14-12-8-13(9-12)15-11(4)7-10(2)3/h10-14H,5-9H2,1-4H3. The van der Waals surface area contributed by atoms with E-state index in [0.29, 0.717) is 12.2 Å². The van der Waals surface area contributed by atoms with Gasteiger partial charge in [0.25, 0.3) is 0 Å². The largest absolute Gasteiger partial charge is 0.375 e. The van der Waals surface area contributed by atoms with E-state index in [4.69, 9.17) is 4.74 Å². The third kappa shape index (κ3) is 4.98. The predicted octanol–water partition coefficient (Wildman–Crippen LogP) is 2.97. The van der Waals surface area contributed by atoms with Crippen LogP contribution in [0.4, 0.5) is 0 Å². The molecule has 0 bridgehead atoms. The van der Waals surface area contributed by atoms with E-state index in [9.17, 15) is 0 Å². The molecule has 2 nitrogen and oxygen atoms in total. The molecule has 0 spiro atoms. The van der Waals surface area contributed by atoms with Crippen LogP contribution in [0.15, 0.2) is 0 Å². The summed E-state index contributed by atoms with van der Waals surface area (Å²) < 4.78 is 5.97. The Labute approximate surface area is 94.8 Å². The van der Waals surface area contributed by atoms with Crippen molar-refractivity contribution in [3.63, 3.8) is 0 Å². The lowest BCUT2D eigenvalue weighted by Gasteiger charge is -2.37. The van der Waals surface area contributed by atoms with E-state index >= 15 is 0 Å². The second-order valence-electron chi connectivity index (χ2n) is 5.32. The molecule has 2 heteroatoms. The minimum Gasteiger partial charge on any atom is -0.375 e. The molecule has 0 heterocycles. The van der Waals surface area contributed by atoms with Gasteiger partial charge in [-0.05, 0) is 45.1 Å². The van der Waals surface area contributed by atoms with Crippen molar-refractivity contribution in [2.45, 2.75) is 71.6 Å². The van der Waals surface area contributed by atoms with Crippen LogP contribution in [0.5, 0.6) is 0 Å². The second kappa shape index (κ2) is 6.49. The average Bonchev–Trinajstić information content (AvgIpc) is 2.07. The Bertz CT molecular complexity index is 164. The second-order valence-corrected chi connectivity index (χ2v) is 5.32. The van der Waals surface area contributed by atoms with Gasteiger partial charge in [-0.1, -0.05) is 20.8 Å². The van der Waals surface area contributed by atoms with Gasteiger partial charge in [0.05, 0.1) is 12.2 Å². The number of rotatable bonds is 7. The number of hydrogen-bond donors (Lipinski definition) is 1. The van der Waals surface area contributed by atoms with Crippen LogP contribution in [0, 0.1) is 5.92 Å². The maximum atomic E-state index is 5.97. The van der Waals surface area contributed by atoms with E-state index in [0.717, 1.165) is 18.5 Å². The third-order valence-corrected chi connectivity index (χ3v) is 3.01. The molecular weight excluding hydrogens is 186 g/mol. The summed E-state index contributed by atoms with van der Waals surface area (Å²) in [6.07, 6.45) is 5.79. The molecule has 90 valence electrons. The van der Waals surface area contributed by atoms with E-state index in [1.165, 1.54) is 25.7 Å². The molecule has 1 fully saturated rings. The Balaban J connectivity index is 2.01. The van der Waals surface area contributed by atoms with Gasteiger partial charge in [-0.2, -0.15) is 0 Å². The van der Waals surface area contributed by atoms with E-state index in [2.05, 4.69) is 33.0 Å². The summed E-state index contributed by atoms with van der Waals surface area (Å²) in [5.41, 5.74) is 0. The van der Waals surface area contributed by atoms with Gasteiger partial charge in [-0.25, -0.2) is 0 Å². The zero-order valence-corrected chi connectivity index (χ0v) is 10.8. The monoisotopic (exact) mass is 213 g/mol. The lowest BCUT2D eigenvalue weighted by molar-refractivity contribution is -0.0633. The average molecular weight is 213 g/mol. The molecule has 1 aliphatic rings. The zero-order valence-electron chi connectivity index (χ0n) is 10.8. The summed E-state index contributed by atoms with van der Waals surface area (Å²) in [5, 5.41) is 3.53. The lowest BCUT2D eigenvalue weighted by atomic mass is 9.89. The van der Waals surface area contributed by atoms with E-state index < -0.39 is 0 Å². The van der Waals surface area contributed by atoms with Crippen molar-refractivity contribution in [3.8, 4) is 0 Å². The Hall–Kier alpha value is -0.0800. The van der Waals surface area contributed by atoms with Crippen molar-refractivity contribution in [2.24, 2.45) is 5.92 Å². The smallest absolute Gasteiger partial charge is 0.0608 e. The Morgan fingerprint density at radius 3 is 2.47 bits per heavy atom. The van der Waals surface area contributed by atoms with Crippen LogP contribution < -0.4 is 5.32 Å². The Kier molecular flexibility index (Phi) is 5.62. The van der Waals surface area contributed by atoms with Crippen LogP contribution in [0.3, 0.4) is 0 Å². The Morgan fingerprint density at radius 1 is 1.27 bits per heavy atom. The molecule has 0 aromatic rings. The van der Waals surface area contributed by atoms with Crippen molar-refractivity contribution in [1.29, 1.82) is 0 Å². The quantitative estimate of drug-likeness (QED) is 0.702. The van der Waals surface area contributed by atoms with Gasteiger partial charge in [-0.15, -0.1) is 0 Å². The molecule has 1 unspecified atom stereocenters. The molecule has 0 amide bonds. The fourth-order valence-electron chi connectivity index (χ4n) is 2.24. The van der Waals surface area contributed by atoms with Gasteiger partial charge in [0, 0.05) is 6.04 Å². The lowest BCUT2D eigenvalue weighted by Crippen LogP contribution is -2.46. The molecule has 1 atom stereocenters.